The number of rotatable bonds is 8. The quantitative estimate of drug-likeness (QED) is 0.527. The van der Waals surface area contributed by atoms with Crippen molar-refractivity contribution in [2.75, 3.05) is 31.5 Å². The highest BCUT2D eigenvalue weighted by atomic mass is 35.5. The summed E-state index contributed by atoms with van der Waals surface area (Å²) in [5, 5.41) is 5.31. The molecular formula is C20H23Cl2N5. The molecule has 0 radical (unpaired) electrons. The molecule has 0 saturated heterocycles. The summed E-state index contributed by atoms with van der Waals surface area (Å²) in [6.45, 7) is 8.40. The van der Waals surface area contributed by atoms with Crippen molar-refractivity contribution in [3.63, 3.8) is 0 Å². The van der Waals surface area contributed by atoms with E-state index in [9.17, 15) is 0 Å². The van der Waals surface area contributed by atoms with Crippen LogP contribution in [0, 0.1) is 0 Å². The third-order valence-corrected chi connectivity index (χ3v) is 5.14. The molecule has 0 saturated carbocycles. The maximum absolute atomic E-state index is 6.30. The predicted octanol–water partition coefficient (Wildman–Crippen LogP) is 5.14. The summed E-state index contributed by atoms with van der Waals surface area (Å²) >= 11 is 12.6. The summed E-state index contributed by atoms with van der Waals surface area (Å²) in [7, 11) is 0. The number of anilines is 1. The third-order valence-electron chi connectivity index (χ3n) is 4.51. The smallest absolute Gasteiger partial charge is 0.224 e. The number of halogens is 2. The van der Waals surface area contributed by atoms with Gasteiger partial charge in [0.05, 0.1) is 0 Å². The second-order valence-electron chi connectivity index (χ2n) is 6.23. The Kier molecular flexibility index (Phi) is 6.83. The molecule has 0 aliphatic heterocycles. The van der Waals surface area contributed by atoms with Crippen LogP contribution in [0.4, 0.5) is 5.95 Å². The largest absolute Gasteiger partial charge is 0.354 e. The van der Waals surface area contributed by atoms with E-state index in [1.165, 1.54) is 0 Å². The number of hydrogen-bond donors (Lipinski definition) is 1. The van der Waals surface area contributed by atoms with Gasteiger partial charge in [-0.15, -0.1) is 0 Å². The van der Waals surface area contributed by atoms with Crippen LogP contribution in [0.3, 0.4) is 0 Å². The third kappa shape index (κ3) is 4.86. The van der Waals surface area contributed by atoms with Crippen LogP contribution in [0.2, 0.25) is 10.0 Å². The number of nitrogens with one attached hydrogen (secondary N) is 1. The molecule has 0 fully saturated rings. The molecule has 3 rings (SSSR count). The lowest BCUT2D eigenvalue weighted by Gasteiger charge is -2.17. The summed E-state index contributed by atoms with van der Waals surface area (Å²) in [5.41, 5.74) is 2.26. The second kappa shape index (κ2) is 9.31. The Bertz CT molecular complexity index is 892. The van der Waals surface area contributed by atoms with Crippen molar-refractivity contribution in [2.45, 2.75) is 20.3 Å². The minimum atomic E-state index is 0.594. The number of pyridine rings is 1. The van der Waals surface area contributed by atoms with Gasteiger partial charge in [-0.1, -0.05) is 43.1 Å². The zero-order valence-electron chi connectivity index (χ0n) is 15.5. The maximum atomic E-state index is 6.30. The van der Waals surface area contributed by atoms with Crippen LogP contribution in [0.5, 0.6) is 0 Å². The fraction of sp³-hybridized carbons (Fsp3) is 0.350. The summed E-state index contributed by atoms with van der Waals surface area (Å²) in [6, 6.07) is 7.41. The Labute approximate surface area is 169 Å². The van der Waals surface area contributed by atoms with E-state index in [4.69, 9.17) is 23.2 Å². The van der Waals surface area contributed by atoms with E-state index in [1.54, 1.807) is 12.4 Å². The summed E-state index contributed by atoms with van der Waals surface area (Å²) in [4.78, 5) is 15.8. The van der Waals surface area contributed by atoms with Crippen LogP contribution in [0.15, 0.2) is 36.7 Å². The van der Waals surface area contributed by atoms with Gasteiger partial charge in [0.25, 0.3) is 0 Å². The van der Waals surface area contributed by atoms with Gasteiger partial charge in [-0.05, 0) is 44.3 Å². The molecule has 0 amide bonds. The number of benzene rings is 1. The molecule has 7 heteroatoms. The molecule has 0 atom stereocenters. The first-order valence-electron chi connectivity index (χ1n) is 9.15. The minimum absolute atomic E-state index is 0.594. The molecule has 1 N–H and O–H groups in total. The van der Waals surface area contributed by atoms with E-state index in [0.717, 1.165) is 49.1 Å². The molecule has 0 aliphatic rings. The van der Waals surface area contributed by atoms with Crippen LogP contribution in [0.1, 0.15) is 20.3 Å². The van der Waals surface area contributed by atoms with Crippen LogP contribution in [0.25, 0.3) is 22.2 Å². The highest BCUT2D eigenvalue weighted by Gasteiger charge is 2.10. The molecule has 0 bridgehead atoms. The molecule has 2 aromatic heterocycles. The van der Waals surface area contributed by atoms with Gasteiger partial charge in [0, 0.05) is 45.5 Å². The average Bonchev–Trinajstić information content (AvgIpc) is 2.68. The monoisotopic (exact) mass is 403 g/mol. The molecular weight excluding hydrogens is 381 g/mol. The van der Waals surface area contributed by atoms with Gasteiger partial charge in [0.15, 0.2) is 5.65 Å². The lowest BCUT2D eigenvalue weighted by molar-refractivity contribution is 0.303. The standard InChI is InChI=1S/C20H23Cl2N5/c1-3-27(4-2)10-6-9-23-20-25-13-15-11-14(12-24-19(15)26-20)18-16(21)7-5-8-17(18)22/h5,7-8,11-13H,3-4,6,9-10H2,1-2H3,(H,23,24,25,26). The second-order valence-corrected chi connectivity index (χ2v) is 7.05. The van der Waals surface area contributed by atoms with Gasteiger partial charge in [-0.2, -0.15) is 4.98 Å². The first kappa shape index (κ1) is 19.8. The molecule has 27 heavy (non-hydrogen) atoms. The molecule has 3 aromatic rings. The van der Waals surface area contributed by atoms with Gasteiger partial charge < -0.3 is 10.2 Å². The number of nitrogens with zero attached hydrogens (tertiary/aromatic N) is 4. The molecule has 5 nitrogen and oxygen atoms in total. The van der Waals surface area contributed by atoms with Crippen molar-refractivity contribution >= 4 is 40.2 Å². The number of hydrogen-bond acceptors (Lipinski definition) is 5. The molecule has 0 aliphatic carbocycles. The molecule has 0 spiro atoms. The van der Waals surface area contributed by atoms with Gasteiger partial charge >= 0.3 is 0 Å². The van der Waals surface area contributed by atoms with E-state index < -0.39 is 0 Å². The predicted molar refractivity (Wildman–Crippen MR) is 114 cm³/mol. The first-order valence-corrected chi connectivity index (χ1v) is 9.91. The lowest BCUT2D eigenvalue weighted by atomic mass is 10.1. The Morgan fingerprint density at radius 1 is 1.04 bits per heavy atom. The minimum Gasteiger partial charge on any atom is -0.354 e. The van der Waals surface area contributed by atoms with Gasteiger partial charge in [0.1, 0.15) is 0 Å². The van der Waals surface area contributed by atoms with Crippen molar-refractivity contribution < 1.29 is 0 Å². The normalized spacial score (nSPS) is 11.3. The Balaban J connectivity index is 1.72. The number of aromatic nitrogens is 3. The van der Waals surface area contributed by atoms with Gasteiger partial charge in [-0.25, -0.2) is 9.97 Å². The molecule has 142 valence electrons. The zero-order valence-corrected chi connectivity index (χ0v) is 17.1. The summed E-state index contributed by atoms with van der Waals surface area (Å²) in [6.07, 6.45) is 4.56. The highest BCUT2D eigenvalue weighted by Crippen LogP contribution is 2.35. The molecule has 1 aromatic carbocycles. The van der Waals surface area contributed by atoms with Gasteiger partial charge in [-0.3, -0.25) is 0 Å². The maximum Gasteiger partial charge on any atom is 0.224 e. The van der Waals surface area contributed by atoms with E-state index in [-0.39, 0.29) is 0 Å². The molecule has 2 heterocycles. The lowest BCUT2D eigenvalue weighted by Crippen LogP contribution is -2.25. The van der Waals surface area contributed by atoms with Crippen LogP contribution in [-0.4, -0.2) is 46.0 Å². The van der Waals surface area contributed by atoms with Crippen molar-refractivity contribution in [1.29, 1.82) is 0 Å². The number of fused-ring (bicyclic) bond motifs is 1. The van der Waals surface area contributed by atoms with Crippen LogP contribution in [-0.2, 0) is 0 Å². The fourth-order valence-corrected chi connectivity index (χ4v) is 3.58. The Morgan fingerprint density at radius 2 is 1.78 bits per heavy atom. The van der Waals surface area contributed by atoms with Crippen LogP contribution < -0.4 is 5.32 Å². The Morgan fingerprint density at radius 3 is 2.48 bits per heavy atom. The summed E-state index contributed by atoms with van der Waals surface area (Å²) < 4.78 is 0. The summed E-state index contributed by atoms with van der Waals surface area (Å²) in [5.74, 6) is 0.595. The van der Waals surface area contributed by atoms with E-state index in [1.807, 2.05) is 24.3 Å². The molecule has 0 unspecified atom stereocenters. The highest BCUT2D eigenvalue weighted by molar-refractivity contribution is 6.39. The zero-order chi connectivity index (χ0) is 19.2. The van der Waals surface area contributed by atoms with Crippen molar-refractivity contribution in [3.05, 3.63) is 46.7 Å². The fourth-order valence-electron chi connectivity index (χ4n) is 2.96. The van der Waals surface area contributed by atoms with Crippen molar-refractivity contribution in [3.8, 4) is 11.1 Å². The van der Waals surface area contributed by atoms with E-state index in [0.29, 0.717) is 21.6 Å². The van der Waals surface area contributed by atoms with E-state index in [2.05, 4.69) is 39.0 Å². The topological polar surface area (TPSA) is 53.9 Å². The van der Waals surface area contributed by atoms with Gasteiger partial charge in [0.2, 0.25) is 5.95 Å². The average molecular weight is 404 g/mol. The Hall–Kier alpha value is -1.95. The van der Waals surface area contributed by atoms with Crippen LogP contribution >= 0.6 is 23.2 Å². The first-order chi connectivity index (χ1) is 13.1. The van der Waals surface area contributed by atoms with E-state index >= 15 is 0 Å². The van der Waals surface area contributed by atoms with Crippen molar-refractivity contribution in [1.82, 2.24) is 19.9 Å². The SMILES string of the molecule is CCN(CC)CCCNc1ncc2cc(-c3c(Cl)cccc3Cl)cnc2n1. The van der Waals surface area contributed by atoms with Crippen molar-refractivity contribution in [2.24, 2.45) is 0 Å².